The zero-order chi connectivity index (χ0) is 16.4. The Balaban J connectivity index is 1.81. The normalized spacial score (nSPS) is 27.0. The lowest BCUT2D eigenvalue weighted by atomic mass is 9.85. The summed E-state index contributed by atoms with van der Waals surface area (Å²) in [6.07, 6.45) is 0.228. The van der Waals surface area contributed by atoms with Gasteiger partial charge in [-0.15, -0.1) is 0 Å². The van der Waals surface area contributed by atoms with Crippen molar-refractivity contribution in [2.45, 2.75) is 26.1 Å². The Morgan fingerprint density at radius 2 is 1.00 bits per heavy atom. The molecule has 4 atom stereocenters. The highest BCUT2D eigenvalue weighted by atomic mass is 16.5. The molecule has 1 aliphatic rings. The van der Waals surface area contributed by atoms with Crippen LogP contribution in [0.3, 0.4) is 0 Å². The summed E-state index contributed by atoms with van der Waals surface area (Å²) in [5.74, 6) is 2.66. The lowest BCUT2D eigenvalue weighted by molar-refractivity contribution is 0.0290. The molecule has 0 saturated carbocycles. The molecule has 1 heterocycles. The molecule has 0 spiro atoms. The summed E-state index contributed by atoms with van der Waals surface area (Å²) < 4.78 is 16.9. The van der Waals surface area contributed by atoms with E-state index in [9.17, 15) is 0 Å². The molecule has 0 aliphatic carbocycles. The molecule has 3 heteroatoms. The fraction of sp³-hybridized carbons (Fsp3) is 0.400. The van der Waals surface area contributed by atoms with Crippen molar-refractivity contribution in [1.82, 2.24) is 0 Å². The van der Waals surface area contributed by atoms with E-state index in [1.807, 2.05) is 24.3 Å². The molecule has 2 aromatic rings. The maximum atomic E-state index is 6.42. The lowest BCUT2D eigenvalue weighted by Gasteiger charge is -2.16. The number of hydrogen-bond donors (Lipinski definition) is 0. The van der Waals surface area contributed by atoms with Gasteiger partial charge in [0, 0.05) is 0 Å². The minimum atomic E-state index is 0.114. The van der Waals surface area contributed by atoms with Crippen LogP contribution < -0.4 is 9.47 Å². The van der Waals surface area contributed by atoms with Crippen molar-refractivity contribution in [3.05, 3.63) is 59.7 Å². The Bertz CT molecular complexity index is 575. The summed E-state index contributed by atoms with van der Waals surface area (Å²) >= 11 is 0. The third-order valence-corrected chi connectivity index (χ3v) is 4.97. The van der Waals surface area contributed by atoms with Gasteiger partial charge < -0.3 is 14.2 Å². The molecule has 0 amide bonds. The van der Waals surface area contributed by atoms with Gasteiger partial charge in [-0.05, 0) is 47.2 Å². The average molecular weight is 312 g/mol. The minimum Gasteiger partial charge on any atom is -0.497 e. The Labute approximate surface area is 138 Å². The van der Waals surface area contributed by atoms with E-state index in [0.29, 0.717) is 11.8 Å². The van der Waals surface area contributed by atoms with E-state index >= 15 is 0 Å². The molecule has 122 valence electrons. The summed E-state index contributed by atoms with van der Waals surface area (Å²) in [7, 11) is 3.37. The summed E-state index contributed by atoms with van der Waals surface area (Å²) in [5.41, 5.74) is 2.42. The van der Waals surface area contributed by atoms with Crippen LogP contribution in [0.5, 0.6) is 11.5 Å². The molecular formula is C20H24O3. The highest BCUT2D eigenvalue weighted by Gasteiger charge is 2.40. The van der Waals surface area contributed by atoms with Gasteiger partial charge in [0.1, 0.15) is 11.5 Å². The highest BCUT2D eigenvalue weighted by molar-refractivity contribution is 5.32. The molecule has 0 bridgehead atoms. The van der Waals surface area contributed by atoms with Crippen molar-refractivity contribution in [2.75, 3.05) is 14.2 Å². The van der Waals surface area contributed by atoms with E-state index in [4.69, 9.17) is 14.2 Å². The molecule has 1 fully saturated rings. The fourth-order valence-electron chi connectivity index (χ4n) is 3.31. The standard InChI is InChI=1S/C20H24O3/c1-13-14(2)20(16-7-11-18(22-4)12-8-16)23-19(13)15-5-9-17(21-3)10-6-15/h5-14,19-20H,1-4H3. The van der Waals surface area contributed by atoms with Gasteiger partial charge in [0.2, 0.25) is 0 Å². The summed E-state index contributed by atoms with van der Waals surface area (Å²) in [5, 5.41) is 0. The minimum absolute atomic E-state index is 0.114. The first kappa shape index (κ1) is 15.9. The Morgan fingerprint density at radius 3 is 1.30 bits per heavy atom. The van der Waals surface area contributed by atoms with Crippen molar-refractivity contribution in [3.8, 4) is 11.5 Å². The van der Waals surface area contributed by atoms with Crippen LogP contribution in [0.25, 0.3) is 0 Å². The van der Waals surface area contributed by atoms with Crippen LogP contribution in [0.1, 0.15) is 37.2 Å². The van der Waals surface area contributed by atoms with Crippen molar-refractivity contribution >= 4 is 0 Å². The summed E-state index contributed by atoms with van der Waals surface area (Å²) in [6.45, 7) is 4.53. The van der Waals surface area contributed by atoms with Crippen molar-refractivity contribution < 1.29 is 14.2 Å². The first-order valence-electron chi connectivity index (χ1n) is 8.07. The topological polar surface area (TPSA) is 27.7 Å². The molecule has 0 N–H and O–H groups in total. The average Bonchev–Trinajstić information content (AvgIpc) is 2.91. The summed E-state index contributed by atoms with van der Waals surface area (Å²) in [6, 6.07) is 16.4. The zero-order valence-corrected chi connectivity index (χ0v) is 14.2. The van der Waals surface area contributed by atoms with Crippen molar-refractivity contribution in [2.24, 2.45) is 11.8 Å². The van der Waals surface area contributed by atoms with Crippen molar-refractivity contribution in [1.29, 1.82) is 0 Å². The first-order chi connectivity index (χ1) is 11.1. The first-order valence-corrected chi connectivity index (χ1v) is 8.07. The number of hydrogen-bond acceptors (Lipinski definition) is 3. The SMILES string of the molecule is COc1ccc(C2OC(c3ccc(OC)cc3)C(C)C2C)cc1. The van der Waals surface area contributed by atoms with Crippen LogP contribution in [-0.2, 0) is 4.74 Å². The number of rotatable bonds is 4. The molecule has 23 heavy (non-hydrogen) atoms. The van der Waals surface area contributed by atoms with Gasteiger partial charge in [-0.3, -0.25) is 0 Å². The number of benzene rings is 2. The second-order valence-electron chi connectivity index (χ2n) is 6.24. The lowest BCUT2D eigenvalue weighted by Crippen LogP contribution is -2.09. The van der Waals surface area contributed by atoms with Gasteiger partial charge >= 0.3 is 0 Å². The van der Waals surface area contributed by atoms with Crippen LogP contribution in [0.2, 0.25) is 0 Å². The van der Waals surface area contributed by atoms with Crippen LogP contribution in [0, 0.1) is 11.8 Å². The number of ether oxygens (including phenoxy) is 3. The molecule has 3 nitrogen and oxygen atoms in total. The highest BCUT2D eigenvalue weighted by Crippen LogP contribution is 2.49. The monoisotopic (exact) mass is 312 g/mol. The third kappa shape index (κ3) is 3.06. The van der Waals surface area contributed by atoms with E-state index in [2.05, 4.69) is 38.1 Å². The predicted molar refractivity (Wildman–Crippen MR) is 90.9 cm³/mol. The van der Waals surface area contributed by atoms with E-state index in [-0.39, 0.29) is 12.2 Å². The largest absolute Gasteiger partial charge is 0.497 e. The zero-order valence-electron chi connectivity index (χ0n) is 14.2. The van der Waals surface area contributed by atoms with Crippen LogP contribution in [0.15, 0.2) is 48.5 Å². The summed E-state index contributed by atoms with van der Waals surface area (Å²) in [4.78, 5) is 0. The Hall–Kier alpha value is -2.00. The second kappa shape index (κ2) is 6.63. The van der Waals surface area contributed by atoms with Crippen molar-refractivity contribution in [3.63, 3.8) is 0 Å². The van der Waals surface area contributed by atoms with Gasteiger partial charge in [0.15, 0.2) is 0 Å². The van der Waals surface area contributed by atoms with E-state index < -0.39 is 0 Å². The molecule has 0 radical (unpaired) electrons. The maximum Gasteiger partial charge on any atom is 0.118 e. The van der Waals surface area contributed by atoms with Crippen LogP contribution >= 0.6 is 0 Å². The molecule has 4 unspecified atom stereocenters. The predicted octanol–water partition coefficient (Wildman–Crippen LogP) is 4.79. The molecule has 2 aromatic carbocycles. The second-order valence-corrected chi connectivity index (χ2v) is 6.24. The van der Waals surface area contributed by atoms with E-state index in [1.165, 1.54) is 11.1 Å². The van der Waals surface area contributed by atoms with Crippen LogP contribution in [-0.4, -0.2) is 14.2 Å². The Morgan fingerprint density at radius 1 is 0.652 bits per heavy atom. The van der Waals surface area contributed by atoms with E-state index in [1.54, 1.807) is 14.2 Å². The van der Waals surface area contributed by atoms with Gasteiger partial charge in [-0.25, -0.2) is 0 Å². The van der Waals surface area contributed by atoms with Gasteiger partial charge in [-0.1, -0.05) is 38.1 Å². The quantitative estimate of drug-likeness (QED) is 0.812. The van der Waals surface area contributed by atoms with Gasteiger partial charge in [0.05, 0.1) is 26.4 Å². The molecule has 0 aromatic heterocycles. The smallest absolute Gasteiger partial charge is 0.118 e. The Kier molecular flexibility index (Phi) is 4.58. The van der Waals surface area contributed by atoms with Gasteiger partial charge in [0.25, 0.3) is 0 Å². The molecule has 1 aliphatic heterocycles. The van der Waals surface area contributed by atoms with Crippen LogP contribution in [0.4, 0.5) is 0 Å². The molecular weight excluding hydrogens is 288 g/mol. The third-order valence-electron chi connectivity index (χ3n) is 4.97. The van der Waals surface area contributed by atoms with E-state index in [0.717, 1.165) is 11.5 Å². The fourth-order valence-corrected chi connectivity index (χ4v) is 3.31. The maximum absolute atomic E-state index is 6.42. The number of methoxy groups -OCH3 is 2. The van der Waals surface area contributed by atoms with Gasteiger partial charge in [-0.2, -0.15) is 0 Å². The molecule has 1 saturated heterocycles. The molecule has 3 rings (SSSR count).